The Morgan fingerprint density at radius 1 is 0.941 bits per heavy atom. The van der Waals surface area contributed by atoms with E-state index in [1.165, 1.54) is 41.1 Å². The second kappa shape index (κ2) is 8.99. The third-order valence-electron chi connectivity index (χ3n) is 5.32. The number of nitrogens with one attached hydrogen (secondary N) is 2. The number of benzene rings is 3. The van der Waals surface area contributed by atoms with E-state index in [0.717, 1.165) is 12.1 Å². The molecule has 0 saturated carbocycles. The topological polar surface area (TPSA) is 102 Å². The Morgan fingerprint density at radius 2 is 1.62 bits per heavy atom. The quantitative estimate of drug-likeness (QED) is 0.440. The number of carbonyl (C=O) groups excluding carboxylic acids is 1. The Balaban J connectivity index is 1.63. The fraction of sp³-hybridized carbons (Fsp3) is 0.0833. The number of rotatable bonds is 6. The SMILES string of the molecule is Cc1c(NC(=O)c2cccc(S(=O)(=O)Nc3ccccc3F)c2)c(=O)n(-c2ccccc2)n1C. The molecular weight excluding hydrogens is 459 g/mol. The van der Waals surface area contributed by atoms with Crippen LogP contribution >= 0.6 is 0 Å². The molecule has 0 aliphatic carbocycles. The molecule has 0 radical (unpaired) electrons. The summed E-state index contributed by atoms with van der Waals surface area (Å²) in [6.07, 6.45) is 0. The van der Waals surface area contributed by atoms with Gasteiger partial charge in [0.25, 0.3) is 21.5 Å². The zero-order valence-corrected chi connectivity index (χ0v) is 19.1. The minimum atomic E-state index is -4.16. The van der Waals surface area contributed by atoms with Gasteiger partial charge in [0.1, 0.15) is 11.5 Å². The number of hydrogen-bond acceptors (Lipinski definition) is 4. The molecule has 0 atom stereocenters. The second-order valence-electron chi connectivity index (χ2n) is 7.50. The van der Waals surface area contributed by atoms with Gasteiger partial charge in [0.05, 0.1) is 22.0 Å². The number of hydrogen-bond donors (Lipinski definition) is 2. The molecule has 0 aliphatic rings. The highest BCUT2D eigenvalue weighted by Gasteiger charge is 2.21. The van der Waals surface area contributed by atoms with Crippen molar-refractivity contribution >= 4 is 27.3 Å². The molecule has 3 aromatic carbocycles. The molecule has 0 saturated heterocycles. The summed E-state index contributed by atoms with van der Waals surface area (Å²) in [5.74, 6) is -1.39. The molecule has 0 bridgehead atoms. The lowest BCUT2D eigenvalue weighted by molar-refractivity contribution is 0.102. The average molecular weight is 481 g/mol. The lowest BCUT2D eigenvalue weighted by Crippen LogP contribution is -2.23. The number of nitrogens with zero attached hydrogens (tertiary/aromatic N) is 2. The van der Waals surface area contributed by atoms with E-state index in [-0.39, 0.29) is 21.8 Å². The highest BCUT2D eigenvalue weighted by atomic mass is 32.2. The van der Waals surface area contributed by atoms with Crippen molar-refractivity contribution in [3.63, 3.8) is 0 Å². The predicted octanol–water partition coefficient (Wildman–Crippen LogP) is 3.68. The van der Waals surface area contributed by atoms with Crippen molar-refractivity contribution in [2.75, 3.05) is 10.0 Å². The number of amides is 1. The lowest BCUT2D eigenvalue weighted by atomic mass is 10.2. The van der Waals surface area contributed by atoms with Crippen LogP contribution in [-0.4, -0.2) is 23.7 Å². The van der Waals surface area contributed by atoms with E-state index in [0.29, 0.717) is 11.4 Å². The number of sulfonamides is 1. The predicted molar refractivity (Wildman–Crippen MR) is 127 cm³/mol. The van der Waals surface area contributed by atoms with E-state index < -0.39 is 27.3 Å². The minimum absolute atomic E-state index is 0.0188. The number of aromatic nitrogens is 2. The molecule has 4 rings (SSSR count). The zero-order chi connectivity index (χ0) is 24.5. The highest BCUT2D eigenvalue weighted by molar-refractivity contribution is 7.92. The van der Waals surface area contributed by atoms with E-state index in [1.54, 1.807) is 42.9 Å². The molecule has 0 aliphatic heterocycles. The van der Waals surface area contributed by atoms with Crippen LogP contribution in [0, 0.1) is 12.7 Å². The molecule has 1 heterocycles. The first kappa shape index (κ1) is 23.0. The summed E-state index contributed by atoms with van der Waals surface area (Å²) >= 11 is 0. The Hall–Kier alpha value is -4.18. The van der Waals surface area contributed by atoms with E-state index in [2.05, 4.69) is 10.0 Å². The Morgan fingerprint density at radius 3 is 2.32 bits per heavy atom. The van der Waals surface area contributed by atoms with Crippen LogP contribution in [0.1, 0.15) is 16.1 Å². The van der Waals surface area contributed by atoms with Crippen LogP contribution in [0.15, 0.2) is 88.6 Å². The first-order valence-corrected chi connectivity index (χ1v) is 11.7. The molecule has 174 valence electrons. The third kappa shape index (κ3) is 4.35. The lowest BCUT2D eigenvalue weighted by Gasteiger charge is -2.10. The number of halogens is 1. The van der Waals surface area contributed by atoms with E-state index in [9.17, 15) is 22.4 Å². The van der Waals surface area contributed by atoms with Crippen molar-refractivity contribution in [3.8, 4) is 5.69 Å². The standard InChI is InChI=1S/C24H21FN4O4S/c1-16-22(24(31)29(28(16)2)18-10-4-3-5-11-18)26-23(30)17-9-8-12-19(15-17)34(32,33)27-21-14-7-6-13-20(21)25/h3-15,27H,1-2H3,(H,26,30). The van der Waals surface area contributed by atoms with Gasteiger partial charge in [-0.3, -0.25) is 19.0 Å². The Bertz CT molecular complexity index is 1540. The molecule has 0 spiro atoms. The number of anilines is 2. The van der Waals surface area contributed by atoms with Crippen LogP contribution in [0.25, 0.3) is 5.69 Å². The monoisotopic (exact) mass is 480 g/mol. The van der Waals surface area contributed by atoms with Gasteiger partial charge in [0.2, 0.25) is 0 Å². The van der Waals surface area contributed by atoms with Gasteiger partial charge in [-0.15, -0.1) is 0 Å². The molecule has 0 unspecified atom stereocenters. The third-order valence-corrected chi connectivity index (χ3v) is 6.68. The highest BCUT2D eigenvalue weighted by Crippen LogP contribution is 2.21. The van der Waals surface area contributed by atoms with Gasteiger partial charge in [-0.2, -0.15) is 0 Å². The molecule has 1 amide bonds. The summed E-state index contributed by atoms with van der Waals surface area (Å²) in [5.41, 5.74) is 0.612. The largest absolute Gasteiger partial charge is 0.316 e. The maximum absolute atomic E-state index is 13.9. The molecule has 2 N–H and O–H groups in total. The fourth-order valence-corrected chi connectivity index (χ4v) is 4.56. The summed E-state index contributed by atoms with van der Waals surface area (Å²) in [6, 6.07) is 19.6. The van der Waals surface area contributed by atoms with Gasteiger partial charge in [0, 0.05) is 12.6 Å². The minimum Gasteiger partial charge on any atom is -0.316 e. The van der Waals surface area contributed by atoms with E-state index in [1.807, 2.05) is 6.07 Å². The van der Waals surface area contributed by atoms with Gasteiger partial charge in [0.15, 0.2) is 0 Å². The van der Waals surface area contributed by atoms with Crippen molar-refractivity contribution in [2.45, 2.75) is 11.8 Å². The van der Waals surface area contributed by atoms with Crippen LogP contribution in [0.2, 0.25) is 0 Å². The van der Waals surface area contributed by atoms with Gasteiger partial charge < -0.3 is 5.32 Å². The smallest absolute Gasteiger partial charge is 0.295 e. The van der Waals surface area contributed by atoms with Crippen molar-refractivity contribution in [3.05, 3.63) is 106 Å². The molecule has 8 nitrogen and oxygen atoms in total. The van der Waals surface area contributed by atoms with Crippen molar-refractivity contribution in [1.82, 2.24) is 9.36 Å². The summed E-state index contributed by atoms with van der Waals surface area (Å²) in [6.45, 7) is 1.69. The molecule has 10 heteroatoms. The Labute approximate surface area is 195 Å². The summed E-state index contributed by atoms with van der Waals surface area (Å²) in [5, 5.41) is 2.59. The molecule has 0 fully saturated rings. The number of carbonyl (C=O) groups is 1. The van der Waals surface area contributed by atoms with Gasteiger partial charge >= 0.3 is 0 Å². The van der Waals surface area contributed by atoms with Crippen LogP contribution in [-0.2, 0) is 17.1 Å². The van der Waals surface area contributed by atoms with Crippen LogP contribution in [0.4, 0.5) is 15.8 Å². The normalized spacial score (nSPS) is 11.3. The van der Waals surface area contributed by atoms with Gasteiger partial charge in [-0.25, -0.2) is 17.5 Å². The Kier molecular flexibility index (Phi) is 6.08. The zero-order valence-electron chi connectivity index (χ0n) is 18.3. The molecule has 1 aromatic heterocycles. The van der Waals surface area contributed by atoms with Crippen molar-refractivity contribution in [2.24, 2.45) is 7.05 Å². The van der Waals surface area contributed by atoms with Gasteiger partial charge in [-0.05, 0) is 49.4 Å². The number of para-hydroxylation sites is 2. The van der Waals surface area contributed by atoms with E-state index >= 15 is 0 Å². The maximum Gasteiger partial charge on any atom is 0.295 e. The van der Waals surface area contributed by atoms with Crippen molar-refractivity contribution in [1.29, 1.82) is 0 Å². The molecular formula is C24H21FN4O4S. The van der Waals surface area contributed by atoms with E-state index in [4.69, 9.17) is 0 Å². The maximum atomic E-state index is 13.9. The second-order valence-corrected chi connectivity index (χ2v) is 9.19. The summed E-state index contributed by atoms with van der Waals surface area (Å²) in [4.78, 5) is 25.7. The van der Waals surface area contributed by atoms with Gasteiger partial charge in [-0.1, -0.05) is 36.4 Å². The average Bonchev–Trinajstić information content (AvgIpc) is 3.04. The molecule has 4 aromatic rings. The van der Waals surface area contributed by atoms with Crippen molar-refractivity contribution < 1.29 is 17.6 Å². The first-order chi connectivity index (χ1) is 16.2. The van der Waals surface area contributed by atoms with Crippen LogP contribution < -0.4 is 15.6 Å². The summed E-state index contributed by atoms with van der Waals surface area (Å²) in [7, 11) is -2.46. The first-order valence-electron chi connectivity index (χ1n) is 10.2. The fourth-order valence-electron chi connectivity index (χ4n) is 3.45. The molecule has 34 heavy (non-hydrogen) atoms. The van der Waals surface area contributed by atoms with Crippen LogP contribution in [0.3, 0.4) is 0 Å². The van der Waals surface area contributed by atoms with Crippen LogP contribution in [0.5, 0.6) is 0 Å². The summed E-state index contributed by atoms with van der Waals surface area (Å²) < 4.78 is 44.6.